The third-order valence-electron chi connectivity index (χ3n) is 2.79. The van der Waals surface area contributed by atoms with Crippen molar-refractivity contribution >= 4 is 27.5 Å². The number of ether oxygens (including phenoxy) is 1. The lowest BCUT2D eigenvalue weighted by atomic mass is 10.1. The maximum atomic E-state index is 6.15. The van der Waals surface area contributed by atoms with E-state index in [2.05, 4.69) is 15.9 Å². The normalized spacial score (nSPS) is 12.3. The summed E-state index contributed by atoms with van der Waals surface area (Å²) >= 11 is 9.64. The third-order valence-corrected chi connectivity index (χ3v) is 3.70. The van der Waals surface area contributed by atoms with Gasteiger partial charge in [0.1, 0.15) is 11.5 Å². The van der Waals surface area contributed by atoms with Gasteiger partial charge >= 0.3 is 0 Å². The largest absolute Gasteiger partial charge is 0.455 e. The van der Waals surface area contributed by atoms with Crippen LogP contribution in [0.4, 0.5) is 0 Å². The maximum absolute atomic E-state index is 6.15. The fraction of sp³-hybridized carbons (Fsp3) is 0.200. The summed E-state index contributed by atoms with van der Waals surface area (Å²) in [5.74, 6) is 1.36. The van der Waals surface area contributed by atoms with Crippen molar-refractivity contribution in [2.45, 2.75) is 19.9 Å². The molecule has 2 N–H and O–H groups in total. The third kappa shape index (κ3) is 3.50. The summed E-state index contributed by atoms with van der Waals surface area (Å²) in [5.41, 5.74) is 7.99. The van der Waals surface area contributed by atoms with Crippen molar-refractivity contribution in [1.29, 1.82) is 0 Å². The zero-order valence-electron chi connectivity index (χ0n) is 10.8. The van der Waals surface area contributed by atoms with E-state index in [0.29, 0.717) is 10.8 Å². The summed E-state index contributed by atoms with van der Waals surface area (Å²) in [6.45, 7) is 3.93. The van der Waals surface area contributed by atoms with Gasteiger partial charge in [0.05, 0.1) is 9.50 Å². The molecular weight excluding hydrogens is 326 g/mol. The number of halogens is 2. The Labute approximate surface area is 126 Å². The van der Waals surface area contributed by atoms with E-state index in [9.17, 15) is 0 Å². The predicted molar refractivity (Wildman–Crippen MR) is 83.0 cm³/mol. The van der Waals surface area contributed by atoms with E-state index in [1.807, 2.05) is 50.2 Å². The van der Waals surface area contributed by atoms with Gasteiger partial charge in [-0.25, -0.2) is 0 Å². The smallest absolute Gasteiger partial charge is 0.146 e. The highest BCUT2D eigenvalue weighted by Gasteiger charge is 2.08. The van der Waals surface area contributed by atoms with E-state index in [0.717, 1.165) is 21.3 Å². The van der Waals surface area contributed by atoms with Crippen LogP contribution >= 0.6 is 27.5 Å². The minimum absolute atomic E-state index is 0.00619. The molecule has 0 heterocycles. The van der Waals surface area contributed by atoms with Crippen molar-refractivity contribution in [3.63, 3.8) is 0 Å². The number of benzene rings is 2. The van der Waals surface area contributed by atoms with Crippen LogP contribution in [0.1, 0.15) is 24.1 Å². The quantitative estimate of drug-likeness (QED) is 0.831. The monoisotopic (exact) mass is 339 g/mol. The summed E-state index contributed by atoms with van der Waals surface area (Å²) < 4.78 is 6.67. The molecule has 4 heteroatoms. The second kappa shape index (κ2) is 5.95. The minimum Gasteiger partial charge on any atom is -0.455 e. The summed E-state index contributed by atoms with van der Waals surface area (Å²) in [4.78, 5) is 0. The van der Waals surface area contributed by atoms with Gasteiger partial charge in [-0.3, -0.25) is 0 Å². The fourth-order valence-corrected chi connectivity index (χ4v) is 2.44. The maximum Gasteiger partial charge on any atom is 0.146 e. The number of hydrogen-bond acceptors (Lipinski definition) is 2. The number of aryl methyl sites for hydroxylation is 1. The Kier molecular flexibility index (Phi) is 4.50. The summed E-state index contributed by atoms with van der Waals surface area (Å²) in [6, 6.07) is 11.5. The SMILES string of the molecule is Cc1ccc(Oc2ccc([C@H](C)N)cc2Br)c(Cl)c1. The summed E-state index contributed by atoms with van der Waals surface area (Å²) in [7, 11) is 0. The van der Waals surface area contributed by atoms with Gasteiger partial charge < -0.3 is 10.5 Å². The number of rotatable bonds is 3. The lowest BCUT2D eigenvalue weighted by molar-refractivity contribution is 0.479. The van der Waals surface area contributed by atoms with Crippen molar-refractivity contribution in [3.8, 4) is 11.5 Å². The highest BCUT2D eigenvalue weighted by molar-refractivity contribution is 9.10. The van der Waals surface area contributed by atoms with Crippen LogP contribution in [0.25, 0.3) is 0 Å². The van der Waals surface area contributed by atoms with Crippen LogP contribution in [0.5, 0.6) is 11.5 Å². The van der Waals surface area contributed by atoms with Crippen LogP contribution in [0.15, 0.2) is 40.9 Å². The first-order chi connectivity index (χ1) is 8.97. The number of nitrogens with two attached hydrogens (primary N) is 1. The van der Waals surface area contributed by atoms with Crippen LogP contribution < -0.4 is 10.5 Å². The molecule has 19 heavy (non-hydrogen) atoms. The van der Waals surface area contributed by atoms with E-state index in [-0.39, 0.29) is 6.04 Å². The van der Waals surface area contributed by atoms with Gasteiger partial charge in [-0.2, -0.15) is 0 Å². The zero-order chi connectivity index (χ0) is 14.0. The highest BCUT2D eigenvalue weighted by atomic mass is 79.9. The van der Waals surface area contributed by atoms with Crippen LogP contribution in [-0.4, -0.2) is 0 Å². The summed E-state index contributed by atoms with van der Waals surface area (Å²) in [6.07, 6.45) is 0. The van der Waals surface area contributed by atoms with Crippen LogP contribution in [0.3, 0.4) is 0 Å². The van der Waals surface area contributed by atoms with Crippen molar-refractivity contribution in [2.24, 2.45) is 5.73 Å². The molecule has 0 spiro atoms. The molecule has 0 fully saturated rings. The molecule has 0 aliphatic carbocycles. The highest BCUT2D eigenvalue weighted by Crippen LogP contribution is 2.35. The molecule has 2 aromatic rings. The molecular formula is C15H15BrClNO. The topological polar surface area (TPSA) is 35.2 Å². The van der Waals surface area contributed by atoms with Gasteiger partial charge in [0.25, 0.3) is 0 Å². The van der Waals surface area contributed by atoms with E-state index >= 15 is 0 Å². The Hall–Kier alpha value is -1.03. The summed E-state index contributed by atoms with van der Waals surface area (Å²) in [5, 5.41) is 0.600. The Morgan fingerprint density at radius 3 is 2.42 bits per heavy atom. The molecule has 2 aromatic carbocycles. The first kappa shape index (κ1) is 14.4. The van der Waals surface area contributed by atoms with Crippen LogP contribution in [0.2, 0.25) is 5.02 Å². The first-order valence-corrected chi connectivity index (χ1v) is 7.13. The van der Waals surface area contributed by atoms with Gasteiger partial charge in [0.15, 0.2) is 0 Å². The second-order valence-electron chi connectivity index (χ2n) is 4.51. The fourth-order valence-electron chi connectivity index (χ4n) is 1.69. The van der Waals surface area contributed by atoms with Crippen molar-refractivity contribution in [1.82, 2.24) is 0 Å². The van der Waals surface area contributed by atoms with Gasteiger partial charge in [-0.1, -0.05) is 23.7 Å². The van der Waals surface area contributed by atoms with Crippen LogP contribution in [-0.2, 0) is 0 Å². The van der Waals surface area contributed by atoms with Gasteiger partial charge in [0.2, 0.25) is 0 Å². The Morgan fingerprint density at radius 1 is 1.16 bits per heavy atom. The molecule has 2 rings (SSSR count). The second-order valence-corrected chi connectivity index (χ2v) is 5.78. The van der Waals surface area contributed by atoms with Gasteiger partial charge in [-0.15, -0.1) is 0 Å². The average molecular weight is 341 g/mol. The standard InChI is InChI=1S/C15H15BrClNO/c1-9-3-5-15(13(17)7-9)19-14-6-4-11(10(2)18)8-12(14)16/h3-8,10H,18H2,1-2H3/t10-/m0/s1. The molecule has 0 aliphatic rings. The molecule has 0 amide bonds. The molecule has 0 saturated carbocycles. The molecule has 0 aliphatic heterocycles. The first-order valence-electron chi connectivity index (χ1n) is 5.96. The van der Waals surface area contributed by atoms with E-state index in [1.54, 1.807) is 0 Å². The van der Waals surface area contributed by atoms with Crippen molar-refractivity contribution < 1.29 is 4.74 Å². The van der Waals surface area contributed by atoms with E-state index < -0.39 is 0 Å². The van der Waals surface area contributed by atoms with Crippen LogP contribution in [0, 0.1) is 6.92 Å². The van der Waals surface area contributed by atoms with Crippen molar-refractivity contribution in [3.05, 3.63) is 57.0 Å². The Bertz CT molecular complexity index is 599. The molecule has 0 saturated heterocycles. The Morgan fingerprint density at radius 2 is 1.84 bits per heavy atom. The Balaban J connectivity index is 2.28. The average Bonchev–Trinajstić information content (AvgIpc) is 2.34. The van der Waals surface area contributed by atoms with Gasteiger partial charge in [0, 0.05) is 6.04 Å². The molecule has 0 radical (unpaired) electrons. The van der Waals surface area contributed by atoms with Gasteiger partial charge in [-0.05, 0) is 65.2 Å². The minimum atomic E-state index is -0.00619. The van der Waals surface area contributed by atoms with E-state index in [1.165, 1.54) is 0 Å². The van der Waals surface area contributed by atoms with E-state index in [4.69, 9.17) is 22.1 Å². The molecule has 1 atom stereocenters. The zero-order valence-corrected chi connectivity index (χ0v) is 13.1. The lowest BCUT2D eigenvalue weighted by Gasteiger charge is -2.12. The number of hydrogen-bond donors (Lipinski definition) is 1. The molecule has 2 nitrogen and oxygen atoms in total. The predicted octanol–water partition coefficient (Wildman–Crippen LogP) is 5.22. The lowest BCUT2D eigenvalue weighted by Crippen LogP contribution is -2.04. The molecule has 100 valence electrons. The molecule has 0 bridgehead atoms. The molecule has 0 aromatic heterocycles. The van der Waals surface area contributed by atoms with Crippen molar-refractivity contribution in [2.75, 3.05) is 0 Å². The molecule has 0 unspecified atom stereocenters.